The van der Waals surface area contributed by atoms with Gasteiger partial charge in [-0.05, 0) is 36.3 Å². The third-order valence-corrected chi connectivity index (χ3v) is 2.72. The van der Waals surface area contributed by atoms with Crippen LogP contribution in [0.3, 0.4) is 0 Å². The molecule has 19 heavy (non-hydrogen) atoms. The molecule has 1 aromatic rings. The minimum atomic E-state index is -0.941. The average Bonchev–Trinajstić information content (AvgIpc) is 2.37. The van der Waals surface area contributed by atoms with Crippen molar-refractivity contribution >= 4 is 17.7 Å². The lowest BCUT2D eigenvalue weighted by Gasteiger charge is -2.22. The Hall–Kier alpha value is -2.29. The van der Waals surface area contributed by atoms with Crippen molar-refractivity contribution in [2.75, 3.05) is 18.0 Å². The van der Waals surface area contributed by atoms with Crippen LogP contribution in [-0.4, -0.2) is 24.2 Å². The molecule has 3 nitrogen and oxygen atoms in total. The lowest BCUT2D eigenvalue weighted by molar-refractivity contribution is -0.131. The molecule has 0 saturated heterocycles. The second-order valence-corrected chi connectivity index (χ2v) is 4.19. The average molecular weight is 257 g/mol. The minimum Gasteiger partial charge on any atom is -0.478 e. The number of aliphatic carboxylic acids is 1. The van der Waals surface area contributed by atoms with Crippen LogP contribution in [0.15, 0.2) is 49.6 Å². The van der Waals surface area contributed by atoms with E-state index in [1.807, 2.05) is 37.3 Å². The number of aryl methyl sites for hydroxylation is 1. The molecule has 0 unspecified atom stereocenters. The standard InChI is InChI=1S/C16H19NO2/c1-4-10-17(11-5-2)15-8-6-14(13(3)12-15)7-9-16(18)19/h4-9,12H,1-2,10-11H2,3H3,(H,18,19). The Morgan fingerprint density at radius 3 is 2.42 bits per heavy atom. The Bertz CT molecular complexity index is 493. The van der Waals surface area contributed by atoms with Crippen molar-refractivity contribution < 1.29 is 9.90 Å². The van der Waals surface area contributed by atoms with Gasteiger partial charge in [0.05, 0.1) is 0 Å². The molecule has 0 radical (unpaired) electrons. The normalized spacial score (nSPS) is 10.4. The molecule has 1 N–H and O–H groups in total. The number of carboxylic acid groups (broad SMARTS) is 1. The van der Waals surface area contributed by atoms with Crippen LogP contribution in [0.5, 0.6) is 0 Å². The SMILES string of the molecule is C=CCN(CC=C)c1ccc(C=CC(=O)O)c(C)c1. The van der Waals surface area contributed by atoms with E-state index >= 15 is 0 Å². The lowest BCUT2D eigenvalue weighted by Crippen LogP contribution is -2.23. The van der Waals surface area contributed by atoms with Crippen LogP contribution in [-0.2, 0) is 4.79 Å². The third-order valence-electron chi connectivity index (χ3n) is 2.72. The highest BCUT2D eigenvalue weighted by molar-refractivity contribution is 5.85. The molecular formula is C16H19NO2. The highest BCUT2D eigenvalue weighted by atomic mass is 16.4. The van der Waals surface area contributed by atoms with Gasteiger partial charge in [-0.3, -0.25) is 0 Å². The quantitative estimate of drug-likeness (QED) is 0.602. The first kappa shape index (κ1) is 14.8. The van der Waals surface area contributed by atoms with Gasteiger partial charge in [0.25, 0.3) is 0 Å². The first-order chi connectivity index (χ1) is 9.08. The van der Waals surface area contributed by atoms with Crippen LogP contribution in [0.1, 0.15) is 11.1 Å². The molecular weight excluding hydrogens is 238 g/mol. The van der Waals surface area contributed by atoms with Gasteiger partial charge < -0.3 is 10.0 Å². The Labute approximate surface area is 114 Å². The maximum Gasteiger partial charge on any atom is 0.328 e. The van der Waals surface area contributed by atoms with Crippen molar-refractivity contribution in [1.82, 2.24) is 0 Å². The number of hydrogen-bond acceptors (Lipinski definition) is 2. The molecule has 100 valence electrons. The van der Waals surface area contributed by atoms with Crippen molar-refractivity contribution in [1.29, 1.82) is 0 Å². The fourth-order valence-electron chi connectivity index (χ4n) is 1.80. The number of benzene rings is 1. The summed E-state index contributed by atoms with van der Waals surface area (Å²) in [6.45, 7) is 10.9. The van der Waals surface area contributed by atoms with E-state index in [2.05, 4.69) is 18.1 Å². The lowest BCUT2D eigenvalue weighted by atomic mass is 10.1. The summed E-state index contributed by atoms with van der Waals surface area (Å²) in [7, 11) is 0. The van der Waals surface area contributed by atoms with Crippen LogP contribution >= 0.6 is 0 Å². The second kappa shape index (κ2) is 7.21. The van der Waals surface area contributed by atoms with Gasteiger partial charge in [0.15, 0.2) is 0 Å². The number of carboxylic acids is 1. The highest BCUT2D eigenvalue weighted by Gasteiger charge is 2.04. The Morgan fingerprint density at radius 1 is 1.32 bits per heavy atom. The maximum absolute atomic E-state index is 10.5. The van der Waals surface area contributed by atoms with Gasteiger partial charge in [0.1, 0.15) is 0 Å². The molecule has 1 aromatic carbocycles. The maximum atomic E-state index is 10.5. The molecule has 0 fully saturated rings. The van der Waals surface area contributed by atoms with E-state index in [1.54, 1.807) is 6.08 Å². The van der Waals surface area contributed by atoms with E-state index in [4.69, 9.17) is 5.11 Å². The molecule has 0 aromatic heterocycles. The molecule has 3 heteroatoms. The van der Waals surface area contributed by atoms with Gasteiger partial charge in [-0.25, -0.2) is 4.79 Å². The predicted octanol–water partition coefficient (Wildman–Crippen LogP) is 3.27. The summed E-state index contributed by atoms with van der Waals surface area (Å²) in [5.41, 5.74) is 3.02. The minimum absolute atomic E-state index is 0.746. The summed E-state index contributed by atoms with van der Waals surface area (Å²) >= 11 is 0. The number of nitrogens with zero attached hydrogens (tertiary/aromatic N) is 1. The predicted molar refractivity (Wildman–Crippen MR) is 80.5 cm³/mol. The fourth-order valence-corrected chi connectivity index (χ4v) is 1.80. The number of rotatable bonds is 7. The van der Waals surface area contributed by atoms with Crippen LogP contribution in [0.2, 0.25) is 0 Å². The van der Waals surface area contributed by atoms with Crippen molar-refractivity contribution in [3.8, 4) is 0 Å². The zero-order valence-electron chi connectivity index (χ0n) is 11.2. The van der Waals surface area contributed by atoms with Gasteiger partial charge >= 0.3 is 5.97 Å². The molecule has 0 bridgehead atoms. The van der Waals surface area contributed by atoms with Crippen LogP contribution < -0.4 is 4.90 Å². The molecule has 0 aliphatic carbocycles. The Balaban J connectivity index is 2.99. The topological polar surface area (TPSA) is 40.5 Å². The van der Waals surface area contributed by atoms with Crippen molar-refractivity contribution in [2.45, 2.75) is 6.92 Å². The first-order valence-corrected chi connectivity index (χ1v) is 6.07. The molecule has 0 atom stereocenters. The van der Waals surface area contributed by atoms with E-state index < -0.39 is 5.97 Å². The van der Waals surface area contributed by atoms with E-state index in [-0.39, 0.29) is 0 Å². The van der Waals surface area contributed by atoms with Crippen molar-refractivity contribution in [3.05, 3.63) is 60.7 Å². The summed E-state index contributed by atoms with van der Waals surface area (Å²) < 4.78 is 0. The third kappa shape index (κ3) is 4.47. The van der Waals surface area contributed by atoms with Gasteiger partial charge in [-0.2, -0.15) is 0 Å². The molecule has 0 aliphatic heterocycles. The zero-order valence-corrected chi connectivity index (χ0v) is 11.2. The van der Waals surface area contributed by atoms with Crippen molar-refractivity contribution in [2.24, 2.45) is 0 Å². The summed E-state index contributed by atoms with van der Waals surface area (Å²) in [6.07, 6.45) is 6.44. The van der Waals surface area contributed by atoms with E-state index in [0.717, 1.165) is 36.0 Å². The largest absolute Gasteiger partial charge is 0.478 e. The van der Waals surface area contributed by atoms with Gasteiger partial charge in [-0.15, -0.1) is 13.2 Å². The van der Waals surface area contributed by atoms with Crippen LogP contribution in [0, 0.1) is 6.92 Å². The second-order valence-electron chi connectivity index (χ2n) is 4.19. The van der Waals surface area contributed by atoms with Gasteiger partial charge in [-0.1, -0.05) is 18.2 Å². The van der Waals surface area contributed by atoms with Gasteiger partial charge in [0.2, 0.25) is 0 Å². The molecule has 0 aliphatic rings. The number of anilines is 1. The van der Waals surface area contributed by atoms with Crippen molar-refractivity contribution in [3.63, 3.8) is 0 Å². The number of hydrogen-bond donors (Lipinski definition) is 1. The Kier molecular flexibility index (Phi) is 5.61. The van der Waals surface area contributed by atoms with Crippen LogP contribution in [0.4, 0.5) is 5.69 Å². The van der Waals surface area contributed by atoms with Crippen LogP contribution in [0.25, 0.3) is 6.08 Å². The van der Waals surface area contributed by atoms with E-state index in [9.17, 15) is 4.79 Å². The summed E-state index contributed by atoms with van der Waals surface area (Å²) in [4.78, 5) is 12.6. The fraction of sp³-hybridized carbons (Fsp3) is 0.188. The summed E-state index contributed by atoms with van der Waals surface area (Å²) in [6, 6.07) is 5.93. The molecule has 1 rings (SSSR count). The summed E-state index contributed by atoms with van der Waals surface area (Å²) in [5, 5.41) is 8.63. The molecule has 0 spiro atoms. The van der Waals surface area contributed by atoms with E-state index in [1.165, 1.54) is 0 Å². The molecule has 0 amide bonds. The monoisotopic (exact) mass is 257 g/mol. The zero-order chi connectivity index (χ0) is 14.3. The smallest absolute Gasteiger partial charge is 0.328 e. The van der Waals surface area contributed by atoms with E-state index in [0.29, 0.717) is 0 Å². The first-order valence-electron chi connectivity index (χ1n) is 6.07. The molecule has 0 saturated carbocycles. The summed E-state index contributed by atoms with van der Waals surface area (Å²) in [5.74, 6) is -0.941. The molecule has 0 heterocycles. The number of carbonyl (C=O) groups is 1. The highest BCUT2D eigenvalue weighted by Crippen LogP contribution is 2.20. The van der Waals surface area contributed by atoms with Gasteiger partial charge in [0, 0.05) is 24.9 Å². The Morgan fingerprint density at radius 2 is 1.95 bits per heavy atom.